The lowest BCUT2D eigenvalue weighted by Crippen LogP contribution is -2.45. The molecule has 1 aromatic carbocycles. The Morgan fingerprint density at radius 1 is 1.18 bits per heavy atom. The maximum Gasteiger partial charge on any atom is 0.263 e. The molecule has 3 aliphatic rings. The number of hydrogen-bond donors (Lipinski definition) is 3. The molecular weight excluding hydrogens is 430 g/mol. The molecule has 0 radical (unpaired) electrons. The van der Waals surface area contributed by atoms with E-state index < -0.39 is 5.41 Å². The summed E-state index contributed by atoms with van der Waals surface area (Å²) >= 11 is 0. The number of nitrogens with two attached hydrogens (primary N) is 1. The summed E-state index contributed by atoms with van der Waals surface area (Å²) in [5.41, 5.74) is 10.0. The number of H-pyrrole nitrogens is 2. The van der Waals surface area contributed by atoms with Gasteiger partial charge in [0.15, 0.2) is 5.65 Å². The Morgan fingerprint density at radius 3 is 2.68 bits per heavy atom. The Kier molecular flexibility index (Phi) is 3.98. The van der Waals surface area contributed by atoms with E-state index in [-0.39, 0.29) is 17.0 Å². The second kappa shape index (κ2) is 6.79. The van der Waals surface area contributed by atoms with Gasteiger partial charge >= 0.3 is 0 Å². The molecule has 1 saturated carbocycles. The number of hydrogen-bond acceptors (Lipinski definition) is 7. The van der Waals surface area contributed by atoms with Gasteiger partial charge in [-0.2, -0.15) is 10.1 Å². The van der Waals surface area contributed by atoms with Gasteiger partial charge < -0.3 is 15.1 Å². The molecule has 9 heteroatoms. The fraction of sp³-hybridized carbons (Fsp3) is 0.440. The van der Waals surface area contributed by atoms with Crippen LogP contribution in [0.1, 0.15) is 60.2 Å². The molecule has 0 amide bonds. The Hall–Kier alpha value is -3.46. The maximum atomic E-state index is 13.2. The molecule has 2 aliphatic carbocycles. The Balaban J connectivity index is 1.17. The quantitative estimate of drug-likeness (QED) is 0.431. The largest absolute Gasteiger partial charge is 0.445 e. The van der Waals surface area contributed by atoms with Crippen molar-refractivity contribution in [2.75, 3.05) is 18.0 Å². The van der Waals surface area contributed by atoms with Gasteiger partial charge in [0.25, 0.3) is 5.56 Å². The Labute approximate surface area is 195 Å². The monoisotopic (exact) mass is 457 g/mol. The third-order valence-corrected chi connectivity index (χ3v) is 8.30. The average Bonchev–Trinajstić information content (AvgIpc) is 3.18. The first kappa shape index (κ1) is 20.0. The van der Waals surface area contributed by atoms with Crippen LogP contribution in [0.4, 0.5) is 5.95 Å². The van der Waals surface area contributed by atoms with Crippen LogP contribution in [0, 0.1) is 12.3 Å². The molecule has 0 unspecified atom stereocenters. The van der Waals surface area contributed by atoms with Gasteiger partial charge in [-0.05, 0) is 55.6 Å². The SMILES string of the molecule is Cc1cnc(C2(c3n[nH]c4nc(N5CCC6(CC5)Cc5ccccc5[C@H]6N)[nH]c(=O)c34)CC2)o1. The molecule has 3 aromatic heterocycles. The molecule has 1 aliphatic heterocycles. The van der Waals surface area contributed by atoms with E-state index in [4.69, 9.17) is 15.1 Å². The van der Waals surface area contributed by atoms with Gasteiger partial charge in [0, 0.05) is 19.1 Å². The summed E-state index contributed by atoms with van der Waals surface area (Å²) in [6.45, 7) is 3.48. The molecule has 34 heavy (non-hydrogen) atoms. The van der Waals surface area contributed by atoms with Crippen LogP contribution in [0.25, 0.3) is 11.0 Å². The zero-order chi connectivity index (χ0) is 23.1. The lowest BCUT2D eigenvalue weighted by molar-refractivity contribution is 0.187. The predicted octanol–water partition coefficient (Wildman–Crippen LogP) is 2.87. The number of piperidine rings is 1. The molecule has 7 rings (SSSR count). The molecule has 1 saturated heterocycles. The molecular formula is C25H27N7O2. The fourth-order valence-corrected chi connectivity index (χ4v) is 6.15. The first-order valence-electron chi connectivity index (χ1n) is 12.0. The number of benzene rings is 1. The molecule has 1 atom stereocenters. The standard InChI is InChI=1S/C25H27N7O2/c1-14-13-27-22(34-14)25(6-7-25)19-17-20(31-30-19)28-23(29-21(17)33)32-10-8-24(9-11-32)12-15-4-2-3-5-16(15)18(24)26/h2-5,13,18H,6-12,26H2,1H3,(H2,28,29,30,31,33)/t18-/m1/s1. The van der Waals surface area contributed by atoms with E-state index in [1.807, 2.05) is 6.92 Å². The van der Waals surface area contributed by atoms with Crippen molar-refractivity contribution in [1.29, 1.82) is 0 Å². The van der Waals surface area contributed by atoms with Crippen LogP contribution < -0.4 is 16.2 Å². The van der Waals surface area contributed by atoms with Gasteiger partial charge in [-0.1, -0.05) is 24.3 Å². The van der Waals surface area contributed by atoms with Gasteiger partial charge in [-0.15, -0.1) is 0 Å². The van der Waals surface area contributed by atoms with Crippen LogP contribution >= 0.6 is 0 Å². The first-order chi connectivity index (χ1) is 16.5. The highest BCUT2D eigenvalue weighted by Gasteiger charge is 2.53. The minimum absolute atomic E-state index is 0.0593. The summed E-state index contributed by atoms with van der Waals surface area (Å²) in [6, 6.07) is 8.59. The minimum Gasteiger partial charge on any atom is -0.445 e. The van der Waals surface area contributed by atoms with Crippen molar-refractivity contribution in [3.63, 3.8) is 0 Å². The molecule has 0 bridgehead atoms. The number of aryl methyl sites for hydroxylation is 1. The van der Waals surface area contributed by atoms with E-state index in [0.29, 0.717) is 28.6 Å². The van der Waals surface area contributed by atoms with Crippen LogP contribution in [-0.4, -0.2) is 38.2 Å². The van der Waals surface area contributed by atoms with Crippen molar-refractivity contribution in [3.8, 4) is 0 Å². The normalized spacial score (nSPS) is 22.4. The van der Waals surface area contributed by atoms with E-state index in [0.717, 1.165) is 51.0 Å². The third-order valence-electron chi connectivity index (χ3n) is 8.30. The van der Waals surface area contributed by atoms with Gasteiger partial charge in [-0.3, -0.25) is 14.9 Å². The van der Waals surface area contributed by atoms with Crippen molar-refractivity contribution >= 4 is 17.0 Å². The van der Waals surface area contributed by atoms with Crippen LogP contribution in [0.2, 0.25) is 0 Å². The number of rotatable bonds is 3. The van der Waals surface area contributed by atoms with Crippen molar-refractivity contribution in [2.45, 2.75) is 50.5 Å². The smallest absolute Gasteiger partial charge is 0.263 e. The zero-order valence-electron chi connectivity index (χ0n) is 19.1. The maximum absolute atomic E-state index is 13.2. The summed E-state index contributed by atoms with van der Waals surface area (Å²) in [5, 5.41) is 8.01. The number of nitrogens with one attached hydrogen (secondary N) is 2. The average molecular weight is 458 g/mol. The number of nitrogens with zero attached hydrogens (tertiary/aromatic N) is 4. The highest BCUT2D eigenvalue weighted by Crippen LogP contribution is 2.54. The first-order valence-corrected chi connectivity index (χ1v) is 12.0. The van der Waals surface area contributed by atoms with Gasteiger partial charge in [0.2, 0.25) is 11.8 Å². The predicted molar refractivity (Wildman–Crippen MR) is 127 cm³/mol. The van der Waals surface area contributed by atoms with E-state index >= 15 is 0 Å². The van der Waals surface area contributed by atoms with Gasteiger partial charge in [-0.25, -0.2) is 4.98 Å². The van der Waals surface area contributed by atoms with Crippen LogP contribution in [-0.2, 0) is 11.8 Å². The van der Waals surface area contributed by atoms with Crippen LogP contribution in [0.3, 0.4) is 0 Å². The van der Waals surface area contributed by atoms with Crippen molar-refractivity contribution in [2.24, 2.45) is 11.1 Å². The summed E-state index contributed by atoms with van der Waals surface area (Å²) in [5.74, 6) is 1.96. The van der Waals surface area contributed by atoms with Crippen LogP contribution in [0.15, 0.2) is 39.7 Å². The lowest BCUT2D eigenvalue weighted by atomic mass is 9.73. The van der Waals surface area contributed by atoms with Gasteiger partial charge in [0.1, 0.15) is 11.1 Å². The van der Waals surface area contributed by atoms with E-state index in [9.17, 15) is 4.79 Å². The van der Waals surface area contributed by atoms with Gasteiger partial charge in [0.05, 0.1) is 17.3 Å². The number of aromatic nitrogens is 5. The number of oxazole rings is 1. The minimum atomic E-state index is -0.437. The Bertz CT molecular complexity index is 1470. The van der Waals surface area contributed by atoms with Crippen molar-refractivity contribution < 1.29 is 4.42 Å². The van der Waals surface area contributed by atoms with E-state index in [1.165, 1.54) is 11.1 Å². The van der Waals surface area contributed by atoms with E-state index in [1.54, 1.807) is 6.20 Å². The summed E-state index contributed by atoms with van der Waals surface area (Å²) in [7, 11) is 0. The fourth-order valence-electron chi connectivity index (χ4n) is 6.15. The van der Waals surface area contributed by atoms with Crippen LogP contribution in [0.5, 0.6) is 0 Å². The molecule has 4 heterocycles. The molecule has 174 valence electrons. The molecule has 4 N–H and O–H groups in total. The number of anilines is 1. The second-order valence-electron chi connectivity index (χ2n) is 10.2. The summed E-state index contributed by atoms with van der Waals surface area (Å²) in [4.78, 5) is 27.6. The molecule has 2 fully saturated rings. The zero-order valence-corrected chi connectivity index (χ0v) is 19.1. The molecule has 4 aromatic rings. The molecule has 1 spiro atoms. The number of fused-ring (bicyclic) bond motifs is 2. The second-order valence-corrected chi connectivity index (χ2v) is 10.2. The van der Waals surface area contributed by atoms with E-state index in [2.05, 4.69) is 49.3 Å². The molecule has 9 nitrogen and oxygen atoms in total. The Morgan fingerprint density at radius 2 is 1.97 bits per heavy atom. The summed E-state index contributed by atoms with van der Waals surface area (Å²) in [6.07, 6.45) is 6.36. The lowest BCUT2D eigenvalue weighted by Gasteiger charge is -2.42. The third kappa shape index (κ3) is 2.70. The topological polar surface area (TPSA) is 130 Å². The van der Waals surface area contributed by atoms with Crippen molar-refractivity contribution in [1.82, 2.24) is 25.1 Å². The highest BCUT2D eigenvalue weighted by molar-refractivity contribution is 5.80. The summed E-state index contributed by atoms with van der Waals surface area (Å²) < 4.78 is 5.80. The number of aromatic amines is 2. The highest BCUT2D eigenvalue weighted by atomic mass is 16.4. The van der Waals surface area contributed by atoms with Crippen molar-refractivity contribution in [3.05, 3.63) is 69.3 Å².